The first kappa shape index (κ1) is 19.8. The van der Waals surface area contributed by atoms with Gasteiger partial charge in [-0.2, -0.15) is 0 Å². The van der Waals surface area contributed by atoms with Gasteiger partial charge in [-0.05, 0) is 50.7 Å². The van der Waals surface area contributed by atoms with E-state index < -0.39 is 8.32 Å². The Morgan fingerprint density at radius 2 is 1.80 bits per heavy atom. The molecule has 0 aromatic carbocycles. The average Bonchev–Trinajstić information content (AvgIpc) is 2.26. The molecule has 0 bridgehead atoms. The van der Waals surface area contributed by atoms with Crippen LogP contribution >= 0.6 is 0 Å². The van der Waals surface area contributed by atoms with Crippen LogP contribution in [0.5, 0.6) is 0 Å². The fraction of sp³-hybridized carbons (Fsp3) is 0.875. The van der Waals surface area contributed by atoms with Gasteiger partial charge in [0, 0.05) is 6.61 Å². The maximum Gasteiger partial charge on any atom is 0.192 e. The standard InChI is InChI=1S/C16H34O3Si/c1-14(18)10-9-12-15(11-7-8-13-17)19-20(5,6)16(2,3)4/h9,12,14-15,17-18H,7-8,10-11,13H2,1-6H3/b12-9+/t14-,15-/m1/s1. The molecule has 0 fully saturated rings. The highest BCUT2D eigenvalue weighted by Gasteiger charge is 2.38. The average molecular weight is 303 g/mol. The largest absolute Gasteiger partial charge is 0.411 e. The van der Waals surface area contributed by atoms with E-state index in [1.54, 1.807) is 6.92 Å². The van der Waals surface area contributed by atoms with Crippen molar-refractivity contribution in [2.75, 3.05) is 6.61 Å². The van der Waals surface area contributed by atoms with E-state index in [0.717, 1.165) is 19.3 Å². The Morgan fingerprint density at radius 3 is 2.25 bits per heavy atom. The zero-order valence-electron chi connectivity index (χ0n) is 14.1. The molecule has 4 heteroatoms. The fourth-order valence-electron chi connectivity index (χ4n) is 1.63. The van der Waals surface area contributed by atoms with Gasteiger partial charge in [0.15, 0.2) is 8.32 Å². The van der Waals surface area contributed by atoms with Crippen LogP contribution in [0.4, 0.5) is 0 Å². The molecule has 0 aliphatic carbocycles. The lowest BCUT2D eigenvalue weighted by Crippen LogP contribution is -2.43. The van der Waals surface area contributed by atoms with Gasteiger partial charge in [-0.25, -0.2) is 0 Å². The summed E-state index contributed by atoms with van der Waals surface area (Å²) in [6.45, 7) is 13.3. The second-order valence-corrected chi connectivity index (χ2v) is 11.9. The highest BCUT2D eigenvalue weighted by Crippen LogP contribution is 2.37. The van der Waals surface area contributed by atoms with Crippen molar-refractivity contribution in [1.82, 2.24) is 0 Å². The van der Waals surface area contributed by atoms with Crippen molar-refractivity contribution >= 4 is 8.32 Å². The minimum atomic E-state index is -1.78. The van der Waals surface area contributed by atoms with Crippen molar-refractivity contribution in [1.29, 1.82) is 0 Å². The zero-order valence-corrected chi connectivity index (χ0v) is 15.1. The summed E-state index contributed by atoms with van der Waals surface area (Å²) >= 11 is 0. The Morgan fingerprint density at radius 1 is 1.20 bits per heavy atom. The number of aliphatic hydroxyl groups is 2. The van der Waals surface area contributed by atoms with Crippen LogP contribution < -0.4 is 0 Å². The molecule has 120 valence electrons. The van der Waals surface area contributed by atoms with E-state index in [1.165, 1.54) is 0 Å². The molecule has 0 radical (unpaired) electrons. The minimum Gasteiger partial charge on any atom is -0.411 e. The Labute approximate surface area is 126 Å². The molecule has 3 nitrogen and oxygen atoms in total. The van der Waals surface area contributed by atoms with Crippen LogP contribution in [0.15, 0.2) is 12.2 Å². The maximum absolute atomic E-state index is 9.32. The lowest BCUT2D eigenvalue weighted by atomic mass is 10.1. The van der Waals surface area contributed by atoms with Crippen LogP contribution in [-0.4, -0.2) is 37.3 Å². The van der Waals surface area contributed by atoms with Gasteiger partial charge >= 0.3 is 0 Å². The predicted molar refractivity (Wildman–Crippen MR) is 88.4 cm³/mol. The molecule has 0 aromatic rings. The van der Waals surface area contributed by atoms with Crippen LogP contribution in [-0.2, 0) is 4.43 Å². The molecule has 0 aromatic heterocycles. The molecular formula is C16H34O3Si. The fourth-order valence-corrected chi connectivity index (χ4v) is 2.94. The third-order valence-electron chi connectivity index (χ3n) is 3.98. The van der Waals surface area contributed by atoms with Crippen molar-refractivity contribution in [3.63, 3.8) is 0 Å². The summed E-state index contributed by atoms with van der Waals surface area (Å²) in [5, 5.41) is 18.4. The summed E-state index contributed by atoms with van der Waals surface area (Å²) in [6, 6.07) is 0. The Balaban J connectivity index is 4.63. The summed E-state index contributed by atoms with van der Waals surface area (Å²) in [6.07, 6.45) is 7.28. The number of unbranched alkanes of at least 4 members (excludes halogenated alkanes) is 1. The van der Waals surface area contributed by atoms with Gasteiger partial charge in [0.05, 0.1) is 12.2 Å². The lowest BCUT2D eigenvalue weighted by Gasteiger charge is -2.38. The van der Waals surface area contributed by atoms with E-state index in [-0.39, 0.29) is 23.9 Å². The highest BCUT2D eigenvalue weighted by molar-refractivity contribution is 6.74. The normalized spacial score (nSPS) is 16.6. The van der Waals surface area contributed by atoms with E-state index in [9.17, 15) is 5.11 Å². The maximum atomic E-state index is 9.32. The molecule has 20 heavy (non-hydrogen) atoms. The molecule has 0 saturated carbocycles. The van der Waals surface area contributed by atoms with Crippen molar-refractivity contribution < 1.29 is 14.6 Å². The van der Waals surface area contributed by atoms with Gasteiger partial charge in [0.25, 0.3) is 0 Å². The van der Waals surface area contributed by atoms with Gasteiger partial charge in [-0.1, -0.05) is 32.9 Å². The van der Waals surface area contributed by atoms with Crippen molar-refractivity contribution in [2.24, 2.45) is 0 Å². The number of aliphatic hydroxyl groups excluding tert-OH is 2. The van der Waals surface area contributed by atoms with Gasteiger partial charge in [-0.15, -0.1) is 0 Å². The van der Waals surface area contributed by atoms with Crippen LogP contribution in [0.25, 0.3) is 0 Å². The van der Waals surface area contributed by atoms with Gasteiger partial charge in [0.2, 0.25) is 0 Å². The first-order valence-corrected chi connectivity index (χ1v) is 10.6. The molecule has 0 aliphatic rings. The van der Waals surface area contributed by atoms with Crippen molar-refractivity contribution in [3.8, 4) is 0 Å². The number of hydrogen-bond donors (Lipinski definition) is 2. The van der Waals surface area contributed by atoms with E-state index in [4.69, 9.17) is 9.53 Å². The molecule has 0 unspecified atom stereocenters. The van der Waals surface area contributed by atoms with Crippen LogP contribution in [0.3, 0.4) is 0 Å². The topological polar surface area (TPSA) is 49.7 Å². The van der Waals surface area contributed by atoms with Crippen molar-refractivity contribution in [2.45, 2.75) is 83.7 Å². The second kappa shape index (κ2) is 8.98. The van der Waals surface area contributed by atoms with Gasteiger partial charge in [0.1, 0.15) is 0 Å². The van der Waals surface area contributed by atoms with Crippen molar-refractivity contribution in [3.05, 3.63) is 12.2 Å². The van der Waals surface area contributed by atoms with E-state index >= 15 is 0 Å². The summed E-state index contributed by atoms with van der Waals surface area (Å²) in [5.41, 5.74) is 0. The van der Waals surface area contributed by atoms with Gasteiger partial charge < -0.3 is 14.6 Å². The number of hydrogen-bond acceptors (Lipinski definition) is 3. The minimum absolute atomic E-state index is 0.0983. The zero-order chi connectivity index (χ0) is 15.8. The molecule has 0 aliphatic heterocycles. The Bertz CT molecular complexity index is 280. The monoisotopic (exact) mass is 302 g/mol. The molecule has 2 atom stereocenters. The lowest BCUT2D eigenvalue weighted by molar-refractivity contribution is 0.193. The Hall–Kier alpha value is -0.163. The SMILES string of the molecule is C[C@@H](O)C/C=C/[C@@H](CCCCO)O[Si](C)(C)C(C)(C)C. The van der Waals surface area contributed by atoms with Crippen LogP contribution in [0.1, 0.15) is 53.4 Å². The van der Waals surface area contributed by atoms with E-state index in [0.29, 0.717) is 6.42 Å². The van der Waals surface area contributed by atoms with Crippen LogP contribution in [0.2, 0.25) is 18.1 Å². The second-order valence-electron chi connectivity index (χ2n) is 7.15. The summed E-state index contributed by atoms with van der Waals surface area (Å²) < 4.78 is 6.42. The molecule has 0 rings (SSSR count). The molecular weight excluding hydrogens is 268 g/mol. The van der Waals surface area contributed by atoms with E-state index in [1.807, 2.05) is 6.08 Å². The molecule has 0 amide bonds. The molecule has 0 saturated heterocycles. The number of rotatable bonds is 9. The predicted octanol–water partition coefficient (Wildman–Crippen LogP) is 3.87. The molecule has 2 N–H and O–H groups in total. The highest BCUT2D eigenvalue weighted by atomic mass is 28.4. The summed E-state index contributed by atoms with van der Waals surface area (Å²) in [5.74, 6) is 0. The van der Waals surface area contributed by atoms with Gasteiger partial charge in [-0.3, -0.25) is 0 Å². The third-order valence-corrected chi connectivity index (χ3v) is 8.48. The quantitative estimate of drug-likeness (QED) is 0.386. The third kappa shape index (κ3) is 8.20. The molecule has 0 spiro atoms. The van der Waals surface area contributed by atoms with E-state index in [2.05, 4.69) is 39.9 Å². The smallest absolute Gasteiger partial charge is 0.192 e. The first-order valence-electron chi connectivity index (χ1n) is 7.73. The van der Waals surface area contributed by atoms with Crippen LogP contribution in [0, 0.1) is 0 Å². The summed E-state index contributed by atoms with van der Waals surface area (Å²) in [4.78, 5) is 0. The first-order chi connectivity index (χ1) is 9.10. The summed E-state index contributed by atoms with van der Waals surface area (Å²) in [7, 11) is -1.78. The Kier molecular flexibility index (Phi) is 8.90. The molecule has 0 heterocycles.